The highest BCUT2D eigenvalue weighted by Gasteiger charge is 2.35. The summed E-state index contributed by atoms with van der Waals surface area (Å²) >= 11 is 11.8. The molecule has 0 spiro atoms. The van der Waals surface area contributed by atoms with Gasteiger partial charge in [-0.15, -0.1) is 0 Å². The lowest BCUT2D eigenvalue weighted by Crippen LogP contribution is -2.46. The van der Waals surface area contributed by atoms with Gasteiger partial charge >= 0.3 is 5.97 Å². The molecular formula is C13H17Cl2NO4S. The van der Waals surface area contributed by atoms with Crippen LogP contribution in [0.25, 0.3) is 0 Å². The number of sulfonamides is 1. The number of carbonyl (C=O) groups is 1. The number of aliphatic carboxylic acids is 1. The standard InChI is InChI=1S/C13H17Cl2NO4S/c1-13(2,3)16(8-7-11(17)18)21(19,20)10-6-4-5-9(14)12(10)15/h4-6H,7-8H2,1-3H3,(H,17,18). The van der Waals surface area contributed by atoms with E-state index in [1.54, 1.807) is 20.8 Å². The van der Waals surface area contributed by atoms with E-state index in [-0.39, 0.29) is 27.9 Å². The molecule has 5 nitrogen and oxygen atoms in total. The van der Waals surface area contributed by atoms with E-state index in [9.17, 15) is 13.2 Å². The summed E-state index contributed by atoms with van der Waals surface area (Å²) in [6.45, 7) is 4.91. The SMILES string of the molecule is CC(C)(C)N(CCC(=O)O)S(=O)(=O)c1cccc(Cl)c1Cl. The van der Waals surface area contributed by atoms with Crippen LogP contribution in [0.4, 0.5) is 0 Å². The van der Waals surface area contributed by atoms with E-state index < -0.39 is 21.5 Å². The Kier molecular flexibility index (Phi) is 5.66. The number of hydrogen-bond acceptors (Lipinski definition) is 3. The fraction of sp³-hybridized carbons (Fsp3) is 0.462. The van der Waals surface area contributed by atoms with Gasteiger partial charge in [-0.1, -0.05) is 29.3 Å². The van der Waals surface area contributed by atoms with E-state index in [2.05, 4.69) is 0 Å². The summed E-state index contributed by atoms with van der Waals surface area (Å²) in [7, 11) is -3.95. The summed E-state index contributed by atoms with van der Waals surface area (Å²) in [6.07, 6.45) is -0.297. The van der Waals surface area contributed by atoms with Gasteiger partial charge in [0.1, 0.15) is 4.90 Å². The minimum absolute atomic E-state index is 0.0660. The molecule has 0 aromatic heterocycles. The van der Waals surface area contributed by atoms with Crippen molar-refractivity contribution >= 4 is 39.2 Å². The van der Waals surface area contributed by atoms with E-state index in [0.717, 1.165) is 4.31 Å². The van der Waals surface area contributed by atoms with Crippen molar-refractivity contribution in [1.29, 1.82) is 0 Å². The smallest absolute Gasteiger partial charge is 0.304 e. The highest BCUT2D eigenvalue weighted by atomic mass is 35.5. The molecule has 0 saturated carbocycles. The van der Waals surface area contributed by atoms with Crippen LogP contribution < -0.4 is 0 Å². The average molecular weight is 354 g/mol. The largest absolute Gasteiger partial charge is 0.481 e. The second kappa shape index (κ2) is 6.52. The van der Waals surface area contributed by atoms with Crippen LogP contribution in [0.5, 0.6) is 0 Å². The third-order valence-corrected chi connectivity index (χ3v) is 5.90. The Morgan fingerprint density at radius 1 is 1.29 bits per heavy atom. The monoisotopic (exact) mass is 353 g/mol. The molecular weight excluding hydrogens is 337 g/mol. The first-order chi connectivity index (χ1) is 9.48. The maximum absolute atomic E-state index is 12.8. The first-order valence-corrected chi connectivity index (χ1v) is 8.36. The highest BCUT2D eigenvalue weighted by Crippen LogP contribution is 2.33. The van der Waals surface area contributed by atoms with E-state index in [1.807, 2.05) is 0 Å². The fourth-order valence-electron chi connectivity index (χ4n) is 1.82. The van der Waals surface area contributed by atoms with Gasteiger partial charge in [0.2, 0.25) is 10.0 Å². The van der Waals surface area contributed by atoms with Crippen LogP contribution in [-0.4, -0.2) is 35.9 Å². The summed E-state index contributed by atoms with van der Waals surface area (Å²) in [6, 6.07) is 4.32. The molecule has 0 heterocycles. The number of nitrogens with zero attached hydrogens (tertiary/aromatic N) is 1. The number of benzene rings is 1. The van der Waals surface area contributed by atoms with E-state index >= 15 is 0 Å². The Morgan fingerprint density at radius 2 is 1.86 bits per heavy atom. The van der Waals surface area contributed by atoms with Gasteiger partial charge < -0.3 is 5.11 Å². The van der Waals surface area contributed by atoms with Crippen molar-refractivity contribution in [2.24, 2.45) is 0 Å². The normalized spacial score (nSPS) is 12.7. The van der Waals surface area contributed by atoms with Gasteiger partial charge in [-0.25, -0.2) is 8.42 Å². The molecule has 0 fully saturated rings. The number of rotatable bonds is 5. The van der Waals surface area contributed by atoms with Crippen LogP contribution in [0.3, 0.4) is 0 Å². The van der Waals surface area contributed by atoms with Crippen LogP contribution >= 0.6 is 23.2 Å². The van der Waals surface area contributed by atoms with Crippen molar-refractivity contribution in [2.45, 2.75) is 37.6 Å². The lowest BCUT2D eigenvalue weighted by atomic mass is 10.1. The molecule has 1 aromatic rings. The zero-order valence-corrected chi connectivity index (χ0v) is 14.3. The van der Waals surface area contributed by atoms with Crippen molar-refractivity contribution in [3.8, 4) is 0 Å². The lowest BCUT2D eigenvalue weighted by Gasteiger charge is -2.34. The maximum atomic E-state index is 12.8. The Morgan fingerprint density at radius 3 is 2.33 bits per heavy atom. The van der Waals surface area contributed by atoms with E-state index in [4.69, 9.17) is 28.3 Å². The third-order valence-electron chi connectivity index (χ3n) is 2.76. The zero-order valence-electron chi connectivity index (χ0n) is 11.9. The molecule has 0 amide bonds. The van der Waals surface area contributed by atoms with E-state index in [1.165, 1.54) is 18.2 Å². The highest BCUT2D eigenvalue weighted by molar-refractivity contribution is 7.89. The lowest BCUT2D eigenvalue weighted by molar-refractivity contribution is -0.137. The molecule has 1 aromatic carbocycles. The molecule has 0 saturated heterocycles. The van der Waals surface area contributed by atoms with Crippen LogP contribution in [0.2, 0.25) is 10.0 Å². The number of hydrogen-bond donors (Lipinski definition) is 1. The second-order valence-corrected chi connectivity index (χ2v) is 8.06. The van der Waals surface area contributed by atoms with Gasteiger partial charge in [0.15, 0.2) is 0 Å². The molecule has 8 heteroatoms. The van der Waals surface area contributed by atoms with Gasteiger partial charge in [-0.2, -0.15) is 4.31 Å². The van der Waals surface area contributed by atoms with Gasteiger partial charge in [0, 0.05) is 12.1 Å². The molecule has 0 unspecified atom stereocenters. The molecule has 1 N–H and O–H groups in total. The molecule has 1 rings (SSSR count). The van der Waals surface area contributed by atoms with Crippen LogP contribution in [0.1, 0.15) is 27.2 Å². The molecule has 0 bridgehead atoms. The topological polar surface area (TPSA) is 74.7 Å². The Bertz CT molecular complexity index is 638. The first kappa shape index (κ1) is 18.2. The molecule has 0 aliphatic carbocycles. The van der Waals surface area contributed by atoms with Gasteiger partial charge in [0.05, 0.1) is 16.5 Å². The van der Waals surface area contributed by atoms with Gasteiger partial charge in [-0.05, 0) is 32.9 Å². The van der Waals surface area contributed by atoms with Crippen molar-refractivity contribution in [3.63, 3.8) is 0 Å². The predicted molar refractivity (Wildman–Crippen MR) is 82.4 cm³/mol. The molecule has 21 heavy (non-hydrogen) atoms. The van der Waals surface area contributed by atoms with Crippen LogP contribution in [0, 0.1) is 0 Å². The van der Waals surface area contributed by atoms with Crippen molar-refractivity contribution < 1.29 is 18.3 Å². The maximum Gasteiger partial charge on any atom is 0.304 e. The van der Waals surface area contributed by atoms with Crippen LogP contribution in [0.15, 0.2) is 23.1 Å². The minimum Gasteiger partial charge on any atom is -0.481 e. The number of halogens is 2. The average Bonchev–Trinajstić information content (AvgIpc) is 2.30. The van der Waals surface area contributed by atoms with Crippen molar-refractivity contribution in [2.75, 3.05) is 6.54 Å². The Hall–Kier alpha value is -0.820. The van der Waals surface area contributed by atoms with Crippen molar-refractivity contribution in [1.82, 2.24) is 4.31 Å². The summed E-state index contributed by atoms with van der Waals surface area (Å²) < 4.78 is 26.6. The van der Waals surface area contributed by atoms with Crippen LogP contribution in [-0.2, 0) is 14.8 Å². The second-order valence-electron chi connectivity index (χ2n) is 5.44. The molecule has 0 radical (unpaired) electrons. The fourth-order valence-corrected chi connectivity index (χ4v) is 4.34. The Balaban J connectivity index is 3.34. The molecule has 0 aliphatic heterocycles. The van der Waals surface area contributed by atoms with Gasteiger partial charge in [-0.3, -0.25) is 4.79 Å². The molecule has 0 aliphatic rings. The first-order valence-electron chi connectivity index (χ1n) is 6.16. The number of carboxylic acids is 1. The Labute approximate surface area is 134 Å². The number of carboxylic acid groups (broad SMARTS) is 1. The minimum atomic E-state index is -3.95. The summed E-state index contributed by atoms with van der Waals surface area (Å²) in [5.41, 5.74) is -0.792. The predicted octanol–water partition coefficient (Wildman–Crippen LogP) is 3.26. The summed E-state index contributed by atoms with van der Waals surface area (Å²) in [5, 5.41) is 8.86. The van der Waals surface area contributed by atoms with Gasteiger partial charge in [0.25, 0.3) is 0 Å². The quantitative estimate of drug-likeness (QED) is 0.881. The third kappa shape index (κ3) is 4.32. The molecule has 118 valence electrons. The zero-order chi connectivity index (χ0) is 16.4. The van der Waals surface area contributed by atoms with E-state index in [0.29, 0.717) is 0 Å². The van der Waals surface area contributed by atoms with Crippen molar-refractivity contribution in [3.05, 3.63) is 28.2 Å². The molecule has 0 atom stereocenters. The summed E-state index contributed by atoms with van der Waals surface area (Å²) in [5.74, 6) is -1.07. The summed E-state index contributed by atoms with van der Waals surface area (Å²) in [4.78, 5) is 10.6.